The zero-order valence-electron chi connectivity index (χ0n) is 10.7. The quantitative estimate of drug-likeness (QED) is 0.613. The first kappa shape index (κ1) is 13.3. The molecule has 0 N–H and O–H groups in total. The SMILES string of the molecule is C=CC(=O)N1CCC[C@H]1C(=O)OCc1ccccc1. The Morgan fingerprint density at radius 2 is 2.11 bits per heavy atom. The minimum atomic E-state index is -0.464. The molecule has 4 nitrogen and oxygen atoms in total. The highest BCUT2D eigenvalue weighted by atomic mass is 16.5. The molecule has 0 bridgehead atoms. The fraction of sp³-hybridized carbons (Fsp3) is 0.333. The fourth-order valence-corrected chi connectivity index (χ4v) is 2.22. The van der Waals surface area contributed by atoms with Crippen LogP contribution in [-0.2, 0) is 20.9 Å². The van der Waals surface area contributed by atoms with Crippen molar-refractivity contribution in [2.75, 3.05) is 6.54 Å². The van der Waals surface area contributed by atoms with Crippen LogP contribution in [0.1, 0.15) is 18.4 Å². The minimum Gasteiger partial charge on any atom is -0.459 e. The van der Waals surface area contributed by atoms with Crippen molar-refractivity contribution in [2.45, 2.75) is 25.5 Å². The van der Waals surface area contributed by atoms with E-state index in [-0.39, 0.29) is 18.5 Å². The summed E-state index contributed by atoms with van der Waals surface area (Å²) in [4.78, 5) is 25.1. The van der Waals surface area contributed by atoms with Gasteiger partial charge in [0, 0.05) is 6.54 Å². The van der Waals surface area contributed by atoms with Crippen LogP contribution in [0, 0.1) is 0 Å². The molecular formula is C15H17NO3. The summed E-state index contributed by atoms with van der Waals surface area (Å²) in [7, 11) is 0. The molecule has 1 aromatic rings. The molecule has 1 aliphatic rings. The number of carbonyl (C=O) groups excluding carboxylic acids is 2. The van der Waals surface area contributed by atoms with E-state index in [4.69, 9.17) is 4.74 Å². The predicted molar refractivity (Wildman–Crippen MR) is 71.2 cm³/mol. The molecule has 19 heavy (non-hydrogen) atoms. The van der Waals surface area contributed by atoms with Crippen LogP contribution in [-0.4, -0.2) is 29.4 Å². The third kappa shape index (κ3) is 3.22. The number of nitrogens with zero attached hydrogens (tertiary/aromatic N) is 1. The number of likely N-dealkylation sites (tertiary alicyclic amines) is 1. The first-order chi connectivity index (χ1) is 9.22. The average molecular weight is 259 g/mol. The molecule has 1 aromatic carbocycles. The lowest BCUT2D eigenvalue weighted by molar-refractivity contribution is -0.153. The number of ether oxygens (including phenoxy) is 1. The number of rotatable bonds is 4. The van der Waals surface area contributed by atoms with E-state index in [2.05, 4.69) is 6.58 Å². The molecule has 0 aromatic heterocycles. The highest BCUT2D eigenvalue weighted by Crippen LogP contribution is 2.19. The molecule has 1 heterocycles. The molecule has 4 heteroatoms. The van der Waals surface area contributed by atoms with Gasteiger partial charge in [0.15, 0.2) is 0 Å². The molecule has 100 valence electrons. The van der Waals surface area contributed by atoms with Crippen LogP contribution in [0.4, 0.5) is 0 Å². The topological polar surface area (TPSA) is 46.6 Å². The maximum atomic E-state index is 12.0. The fourth-order valence-electron chi connectivity index (χ4n) is 2.22. The third-order valence-corrected chi connectivity index (χ3v) is 3.21. The van der Waals surface area contributed by atoms with Crippen molar-refractivity contribution < 1.29 is 14.3 Å². The van der Waals surface area contributed by atoms with Gasteiger partial charge >= 0.3 is 5.97 Å². The zero-order valence-corrected chi connectivity index (χ0v) is 10.7. The van der Waals surface area contributed by atoms with E-state index in [1.807, 2.05) is 30.3 Å². The van der Waals surface area contributed by atoms with Gasteiger partial charge in [0.2, 0.25) is 5.91 Å². The molecule has 0 spiro atoms. The Morgan fingerprint density at radius 1 is 1.37 bits per heavy atom. The zero-order chi connectivity index (χ0) is 13.7. The van der Waals surface area contributed by atoms with Crippen LogP contribution in [0.2, 0.25) is 0 Å². The van der Waals surface area contributed by atoms with E-state index in [0.717, 1.165) is 12.0 Å². The molecule has 1 fully saturated rings. The Kier molecular flexibility index (Phi) is 4.34. The second kappa shape index (κ2) is 6.18. The Morgan fingerprint density at radius 3 is 2.79 bits per heavy atom. The van der Waals surface area contributed by atoms with Crippen LogP contribution >= 0.6 is 0 Å². The molecule has 1 aliphatic heterocycles. The first-order valence-corrected chi connectivity index (χ1v) is 6.36. The van der Waals surface area contributed by atoms with Gasteiger partial charge in [-0.25, -0.2) is 4.79 Å². The number of amides is 1. The van der Waals surface area contributed by atoms with E-state index in [0.29, 0.717) is 13.0 Å². The summed E-state index contributed by atoms with van der Waals surface area (Å²) in [6, 6.07) is 9.03. The van der Waals surface area contributed by atoms with Crippen LogP contribution in [0.25, 0.3) is 0 Å². The van der Waals surface area contributed by atoms with Gasteiger partial charge in [-0.1, -0.05) is 36.9 Å². The summed E-state index contributed by atoms with van der Waals surface area (Å²) in [6.07, 6.45) is 2.72. The number of carbonyl (C=O) groups is 2. The molecule has 0 saturated carbocycles. The van der Waals surface area contributed by atoms with E-state index >= 15 is 0 Å². The molecule has 0 aliphatic carbocycles. The first-order valence-electron chi connectivity index (χ1n) is 6.36. The maximum absolute atomic E-state index is 12.0. The minimum absolute atomic E-state index is 0.209. The molecule has 1 atom stereocenters. The average Bonchev–Trinajstić information content (AvgIpc) is 2.94. The van der Waals surface area contributed by atoms with E-state index in [1.165, 1.54) is 11.0 Å². The molecule has 0 unspecified atom stereocenters. The van der Waals surface area contributed by atoms with Crippen molar-refractivity contribution in [1.29, 1.82) is 0 Å². The van der Waals surface area contributed by atoms with E-state index in [1.54, 1.807) is 0 Å². The molecular weight excluding hydrogens is 242 g/mol. The van der Waals surface area contributed by atoms with Crippen molar-refractivity contribution in [3.63, 3.8) is 0 Å². The van der Waals surface area contributed by atoms with Crippen LogP contribution in [0.15, 0.2) is 43.0 Å². The number of hydrogen-bond donors (Lipinski definition) is 0. The summed E-state index contributed by atoms with van der Waals surface area (Å²) in [5.74, 6) is -0.546. The second-order valence-electron chi connectivity index (χ2n) is 4.49. The Bertz CT molecular complexity index is 470. The van der Waals surface area contributed by atoms with E-state index < -0.39 is 6.04 Å². The lowest BCUT2D eigenvalue weighted by Gasteiger charge is -2.21. The summed E-state index contributed by atoms with van der Waals surface area (Å²) in [6.45, 7) is 4.28. The molecule has 1 amide bonds. The second-order valence-corrected chi connectivity index (χ2v) is 4.49. The highest BCUT2D eigenvalue weighted by molar-refractivity contribution is 5.91. The Balaban J connectivity index is 1.92. The number of hydrogen-bond acceptors (Lipinski definition) is 3. The molecule has 0 radical (unpaired) electrons. The van der Waals surface area contributed by atoms with Crippen LogP contribution in [0.5, 0.6) is 0 Å². The van der Waals surface area contributed by atoms with Gasteiger partial charge in [-0.3, -0.25) is 4.79 Å². The standard InChI is InChI=1S/C15H17NO3/c1-2-14(17)16-10-6-9-13(16)15(18)19-11-12-7-4-3-5-8-12/h2-5,7-8,13H,1,6,9-11H2/t13-/m0/s1. The number of esters is 1. The summed E-state index contributed by atoms with van der Waals surface area (Å²) < 4.78 is 5.27. The van der Waals surface area contributed by atoms with Crippen molar-refractivity contribution in [3.8, 4) is 0 Å². The normalized spacial score (nSPS) is 18.1. The number of benzene rings is 1. The largest absolute Gasteiger partial charge is 0.459 e. The monoisotopic (exact) mass is 259 g/mol. The third-order valence-electron chi connectivity index (χ3n) is 3.21. The van der Waals surface area contributed by atoms with Gasteiger partial charge in [0.05, 0.1) is 0 Å². The van der Waals surface area contributed by atoms with E-state index in [9.17, 15) is 9.59 Å². The van der Waals surface area contributed by atoms with Gasteiger partial charge < -0.3 is 9.64 Å². The maximum Gasteiger partial charge on any atom is 0.329 e. The van der Waals surface area contributed by atoms with Gasteiger partial charge in [-0.15, -0.1) is 0 Å². The van der Waals surface area contributed by atoms with Crippen LogP contribution in [0.3, 0.4) is 0 Å². The summed E-state index contributed by atoms with van der Waals surface area (Å²) in [5.41, 5.74) is 0.940. The molecule has 2 rings (SSSR count). The van der Waals surface area contributed by atoms with Crippen molar-refractivity contribution >= 4 is 11.9 Å². The van der Waals surface area contributed by atoms with Crippen molar-refractivity contribution in [3.05, 3.63) is 48.6 Å². The lowest BCUT2D eigenvalue weighted by atomic mass is 10.2. The van der Waals surface area contributed by atoms with Crippen molar-refractivity contribution in [1.82, 2.24) is 4.90 Å². The van der Waals surface area contributed by atoms with Crippen LogP contribution < -0.4 is 0 Å². The Hall–Kier alpha value is -2.10. The molecule has 1 saturated heterocycles. The van der Waals surface area contributed by atoms with Gasteiger partial charge in [-0.05, 0) is 24.5 Å². The lowest BCUT2D eigenvalue weighted by Crippen LogP contribution is -2.40. The highest BCUT2D eigenvalue weighted by Gasteiger charge is 2.34. The van der Waals surface area contributed by atoms with Gasteiger partial charge in [-0.2, -0.15) is 0 Å². The van der Waals surface area contributed by atoms with Crippen molar-refractivity contribution in [2.24, 2.45) is 0 Å². The van der Waals surface area contributed by atoms with Gasteiger partial charge in [0.1, 0.15) is 12.6 Å². The predicted octanol–water partition coefficient (Wildman–Crippen LogP) is 1.91. The van der Waals surface area contributed by atoms with Gasteiger partial charge in [0.25, 0.3) is 0 Å². The summed E-state index contributed by atoms with van der Waals surface area (Å²) in [5, 5.41) is 0. The summed E-state index contributed by atoms with van der Waals surface area (Å²) >= 11 is 0. The smallest absolute Gasteiger partial charge is 0.329 e. The Labute approximate surface area is 112 Å².